The second-order valence-electron chi connectivity index (χ2n) is 6.34. The van der Waals surface area contributed by atoms with Crippen LogP contribution in [0.25, 0.3) is 16.8 Å². The Bertz CT molecular complexity index is 1130. The lowest BCUT2D eigenvalue weighted by molar-refractivity contribution is -0.274. The third-order valence-corrected chi connectivity index (χ3v) is 5.73. The zero-order valence-electron chi connectivity index (χ0n) is 15.1. The van der Waals surface area contributed by atoms with Crippen LogP contribution in [0.15, 0.2) is 64.1 Å². The van der Waals surface area contributed by atoms with Gasteiger partial charge in [-0.25, -0.2) is 4.98 Å². The van der Waals surface area contributed by atoms with Crippen molar-refractivity contribution in [1.29, 1.82) is 5.41 Å². The number of rotatable bonds is 4. The van der Waals surface area contributed by atoms with Gasteiger partial charge < -0.3 is 14.7 Å². The fourth-order valence-electron chi connectivity index (χ4n) is 2.99. The Balaban J connectivity index is 1.55. The highest BCUT2D eigenvalue weighted by Crippen LogP contribution is 2.35. The van der Waals surface area contributed by atoms with E-state index >= 15 is 0 Å². The van der Waals surface area contributed by atoms with Gasteiger partial charge >= 0.3 is 6.36 Å². The molecule has 2 aromatic carbocycles. The molecule has 1 aliphatic rings. The van der Waals surface area contributed by atoms with Crippen LogP contribution in [0.4, 0.5) is 18.9 Å². The van der Waals surface area contributed by atoms with E-state index in [2.05, 4.69) is 25.7 Å². The van der Waals surface area contributed by atoms with Gasteiger partial charge in [-0.2, -0.15) is 0 Å². The van der Waals surface area contributed by atoms with Crippen molar-refractivity contribution in [3.05, 3.63) is 69.2 Å². The largest absolute Gasteiger partial charge is 0.573 e. The number of ether oxygens (including phenoxy) is 1. The van der Waals surface area contributed by atoms with E-state index in [0.29, 0.717) is 16.3 Å². The van der Waals surface area contributed by atoms with Gasteiger partial charge in [-0.15, -0.1) is 24.5 Å². The minimum atomic E-state index is -4.77. The number of amidine groups is 1. The Labute approximate surface area is 181 Å². The van der Waals surface area contributed by atoms with Crippen molar-refractivity contribution in [2.45, 2.75) is 6.36 Å². The molecule has 5 nitrogen and oxygen atoms in total. The monoisotopic (exact) mass is 495 g/mol. The topological polar surface area (TPSA) is 69.4 Å². The molecule has 0 radical (unpaired) electrons. The van der Waals surface area contributed by atoms with Crippen molar-refractivity contribution in [2.75, 3.05) is 11.4 Å². The maximum Gasteiger partial charge on any atom is 0.573 e. The van der Waals surface area contributed by atoms with E-state index in [1.165, 1.54) is 40.5 Å². The molecule has 0 saturated heterocycles. The van der Waals surface area contributed by atoms with Crippen molar-refractivity contribution in [3.8, 4) is 17.0 Å². The van der Waals surface area contributed by atoms with Gasteiger partial charge in [-0.3, -0.25) is 5.41 Å². The molecule has 2 heterocycles. The molecule has 10 heteroatoms. The Morgan fingerprint density at radius 1 is 1.10 bits per heavy atom. The van der Waals surface area contributed by atoms with Crippen LogP contribution in [0.1, 0.15) is 5.01 Å². The van der Waals surface area contributed by atoms with Gasteiger partial charge in [0.1, 0.15) is 22.4 Å². The summed E-state index contributed by atoms with van der Waals surface area (Å²) in [4.78, 5) is 6.04. The molecule has 154 valence electrons. The molecular weight excluding hydrogens is 483 g/mol. The van der Waals surface area contributed by atoms with Crippen LogP contribution >= 0.6 is 27.3 Å². The summed E-state index contributed by atoms with van der Waals surface area (Å²) in [5, 5.41) is 21.3. The van der Waals surface area contributed by atoms with Crippen molar-refractivity contribution >= 4 is 44.4 Å². The molecule has 0 unspecified atom stereocenters. The Morgan fingerprint density at radius 2 is 1.77 bits per heavy atom. The zero-order chi connectivity index (χ0) is 21.5. The summed E-state index contributed by atoms with van der Waals surface area (Å²) < 4.78 is 41.8. The fourth-order valence-corrected chi connectivity index (χ4v) is 4.15. The second-order valence-corrected chi connectivity index (χ2v) is 8.12. The molecule has 2 N–H and O–H groups in total. The number of aliphatic hydroxyl groups is 1. The second kappa shape index (κ2) is 7.77. The zero-order valence-corrected chi connectivity index (χ0v) is 17.5. The Hall–Kier alpha value is -2.85. The number of benzene rings is 2. The summed E-state index contributed by atoms with van der Waals surface area (Å²) in [6.45, 7) is 0.0286. The van der Waals surface area contributed by atoms with E-state index < -0.39 is 6.36 Å². The number of alkyl halides is 3. The quantitative estimate of drug-likeness (QED) is 0.449. The number of anilines is 1. The molecule has 0 atom stereocenters. The number of hydrogen-bond donors (Lipinski definition) is 2. The van der Waals surface area contributed by atoms with E-state index in [9.17, 15) is 18.3 Å². The lowest BCUT2D eigenvalue weighted by Gasteiger charge is -2.19. The fraction of sp³-hybridized carbons (Fsp3) is 0.100. The van der Waals surface area contributed by atoms with E-state index in [4.69, 9.17) is 5.41 Å². The smallest absolute Gasteiger partial charge is 0.510 e. The van der Waals surface area contributed by atoms with Gasteiger partial charge in [0.25, 0.3) is 0 Å². The number of nitrogens with zero attached hydrogens (tertiary/aromatic N) is 2. The van der Waals surface area contributed by atoms with Gasteiger partial charge in [0.05, 0.1) is 17.8 Å². The standard InChI is InChI=1S/C20H13BrF3N3O2S/c21-12-3-1-11(2-4-12)15-10-30-19(26-15)17-16(28)9-27(18(17)25)13-5-7-14(8-6-13)29-20(22,23)24/h1-8,10,25,28H,9H2. The molecule has 3 aromatic rings. The SMILES string of the molecule is N=C1C(c2nc(-c3ccc(Br)cc3)cs2)=C(O)CN1c1ccc(OC(F)(F)F)cc1. The van der Waals surface area contributed by atoms with Crippen LogP contribution < -0.4 is 9.64 Å². The van der Waals surface area contributed by atoms with Gasteiger partial charge in [-0.05, 0) is 36.4 Å². The van der Waals surface area contributed by atoms with Crippen molar-refractivity contribution in [1.82, 2.24) is 4.98 Å². The summed E-state index contributed by atoms with van der Waals surface area (Å²) >= 11 is 4.69. The summed E-state index contributed by atoms with van der Waals surface area (Å²) in [7, 11) is 0. The van der Waals surface area contributed by atoms with Crippen molar-refractivity contribution < 1.29 is 23.0 Å². The maximum absolute atomic E-state index is 12.3. The first-order valence-electron chi connectivity index (χ1n) is 8.57. The van der Waals surface area contributed by atoms with Crippen LogP contribution in [-0.2, 0) is 0 Å². The van der Waals surface area contributed by atoms with Crippen LogP contribution in [-0.4, -0.2) is 28.8 Å². The molecule has 4 rings (SSSR count). The average molecular weight is 496 g/mol. The van der Waals surface area contributed by atoms with Gasteiger partial charge in [0.15, 0.2) is 0 Å². The van der Waals surface area contributed by atoms with Crippen LogP contribution in [0.3, 0.4) is 0 Å². The lowest BCUT2D eigenvalue weighted by Crippen LogP contribution is -2.26. The van der Waals surface area contributed by atoms with Gasteiger partial charge in [0, 0.05) is 21.1 Å². The molecular formula is C20H13BrF3N3O2S. The Kier molecular flexibility index (Phi) is 5.29. The van der Waals surface area contributed by atoms with E-state index in [-0.39, 0.29) is 23.9 Å². The van der Waals surface area contributed by atoms with E-state index in [0.717, 1.165) is 15.7 Å². The molecule has 0 bridgehead atoms. The summed E-state index contributed by atoms with van der Waals surface area (Å²) in [5.41, 5.74) is 2.39. The van der Waals surface area contributed by atoms with Crippen LogP contribution in [0.5, 0.6) is 5.75 Å². The number of nitrogens with one attached hydrogen (secondary N) is 1. The molecule has 0 amide bonds. The predicted octanol–water partition coefficient (Wildman–Crippen LogP) is 6.24. The maximum atomic E-state index is 12.3. The molecule has 1 aromatic heterocycles. The number of hydrogen-bond acceptors (Lipinski definition) is 5. The third kappa shape index (κ3) is 4.19. The highest BCUT2D eigenvalue weighted by Gasteiger charge is 2.33. The lowest BCUT2D eigenvalue weighted by atomic mass is 10.2. The summed E-state index contributed by atoms with van der Waals surface area (Å²) in [6.07, 6.45) is -4.77. The highest BCUT2D eigenvalue weighted by atomic mass is 79.9. The molecule has 0 spiro atoms. The molecule has 0 fully saturated rings. The predicted molar refractivity (Wildman–Crippen MR) is 113 cm³/mol. The first-order valence-corrected chi connectivity index (χ1v) is 10.2. The minimum absolute atomic E-state index is 0.0210. The van der Waals surface area contributed by atoms with Crippen molar-refractivity contribution in [2.24, 2.45) is 0 Å². The summed E-state index contributed by atoms with van der Waals surface area (Å²) in [6, 6.07) is 12.8. The normalized spacial score (nSPS) is 14.5. The Morgan fingerprint density at radius 3 is 2.40 bits per heavy atom. The number of aromatic nitrogens is 1. The minimum Gasteiger partial charge on any atom is -0.510 e. The molecule has 0 aliphatic carbocycles. The molecule has 1 aliphatic heterocycles. The van der Waals surface area contributed by atoms with E-state index in [1.807, 2.05) is 29.6 Å². The molecule has 0 saturated carbocycles. The van der Waals surface area contributed by atoms with Gasteiger partial charge in [0.2, 0.25) is 0 Å². The first kappa shape index (κ1) is 20.4. The molecule has 30 heavy (non-hydrogen) atoms. The van der Waals surface area contributed by atoms with E-state index in [1.54, 1.807) is 0 Å². The number of halogens is 4. The highest BCUT2D eigenvalue weighted by molar-refractivity contribution is 9.10. The average Bonchev–Trinajstić information content (AvgIpc) is 3.26. The third-order valence-electron chi connectivity index (χ3n) is 4.34. The number of aliphatic hydroxyl groups excluding tert-OH is 1. The number of thiazole rings is 1. The first-order chi connectivity index (χ1) is 14.2. The van der Waals surface area contributed by atoms with Crippen LogP contribution in [0.2, 0.25) is 0 Å². The van der Waals surface area contributed by atoms with Gasteiger partial charge in [-0.1, -0.05) is 28.1 Å². The van der Waals surface area contributed by atoms with Crippen LogP contribution in [0, 0.1) is 5.41 Å². The van der Waals surface area contributed by atoms with Crippen molar-refractivity contribution in [3.63, 3.8) is 0 Å². The summed E-state index contributed by atoms with van der Waals surface area (Å²) in [5.74, 6) is -0.352.